The zero-order valence-electron chi connectivity index (χ0n) is 15.8. The predicted molar refractivity (Wildman–Crippen MR) is 108 cm³/mol. The van der Waals surface area contributed by atoms with Crippen LogP contribution < -0.4 is 5.43 Å². The second-order valence-corrected chi connectivity index (χ2v) is 10.3. The minimum absolute atomic E-state index is 0.0213. The quantitative estimate of drug-likeness (QED) is 0.739. The van der Waals surface area contributed by atoms with Crippen LogP contribution in [0.1, 0.15) is 25.7 Å². The van der Waals surface area contributed by atoms with E-state index in [0.717, 1.165) is 32.4 Å². The van der Waals surface area contributed by atoms with Gasteiger partial charge in [-0.05, 0) is 49.1 Å². The Morgan fingerprint density at radius 1 is 1.21 bits per heavy atom. The van der Waals surface area contributed by atoms with E-state index in [0.29, 0.717) is 31.3 Å². The number of rotatable bonds is 5. The van der Waals surface area contributed by atoms with Crippen LogP contribution in [0.3, 0.4) is 0 Å². The van der Waals surface area contributed by atoms with Crippen molar-refractivity contribution >= 4 is 27.5 Å². The van der Waals surface area contributed by atoms with Gasteiger partial charge in [0.15, 0.2) is 0 Å². The molecule has 8 heteroatoms. The Kier molecular flexibility index (Phi) is 5.78. The fourth-order valence-corrected chi connectivity index (χ4v) is 6.62. The molecule has 1 N–H and O–H groups in total. The number of halogens is 1. The van der Waals surface area contributed by atoms with Gasteiger partial charge in [0.1, 0.15) is 4.90 Å². The molecule has 28 heavy (non-hydrogen) atoms. The maximum atomic E-state index is 13.0. The van der Waals surface area contributed by atoms with Gasteiger partial charge in [0.2, 0.25) is 15.9 Å². The van der Waals surface area contributed by atoms with E-state index < -0.39 is 10.0 Å². The number of hydrogen-bond donors (Lipinski definition) is 1. The molecule has 152 valence electrons. The Labute approximate surface area is 171 Å². The molecule has 2 saturated heterocycles. The molecule has 0 saturated carbocycles. The summed E-state index contributed by atoms with van der Waals surface area (Å²) in [7, 11) is -3.64. The predicted octanol–water partition coefficient (Wildman–Crippen LogP) is 2.67. The van der Waals surface area contributed by atoms with E-state index in [1.807, 2.05) is 5.01 Å². The fraction of sp³-hybridized carbons (Fsp3) is 0.550. The summed E-state index contributed by atoms with van der Waals surface area (Å²) >= 11 is 6.10. The highest BCUT2D eigenvalue weighted by Gasteiger charge is 2.35. The third kappa shape index (κ3) is 4.13. The standard InChI is InChI=1S/C20H26ClN3O3S/c21-18-8-1-2-9-19(18)28(26,27)24-10-4-5-15(12-24)11-20(25)22-23-13-16-6-3-7-17(16)14-23/h1-3,6,8-9,15-17H,4-5,7,10-14H2,(H,22,25). The summed E-state index contributed by atoms with van der Waals surface area (Å²) in [6.45, 7) is 2.58. The van der Waals surface area contributed by atoms with Crippen molar-refractivity contribution < 1.29 is 13.2 Å². The summed E-state index contributed by atoms with van der Waals surface area (Å²) in [5, 5.41) is 2.25. The number of allylic oxidation sites excluding steroid dienone is 1. The van der Waals surface area contributed by atoms with Crippen LogP contribution in [0, 0.1) is 17.8 Å². The molecular formula is C20H26ClN3O3S. The average Bonchev–Trinajstić information content (AvgIpc) is 3.23. The lowest BCUT2D eigenvalue weighted by molar-refractivity contribution is -0.126. The summed E-state index contributed by atoms with van der Waals surface area (Å²) in [5.74, 6) is 1.16. The molecule has 3 atom stereocenters. The third-order valence-electron chi connectivity index (χ3n) is 6.01. The van der Waals surface area contributed by atoms with Gasteiger partial charge in [-0.3, -0.25) is 10.2 Å². The molecule has 1 aliphatic carbocycles. The molecule has 2 fully saturated rings. The van der Waals surface area contributed by atoms with Crippen LogP contribution in [0.5, 0.6) is 0 Å². The van der Waals surface area contributed by atoms with Crippen LogP contribution >= 0.6 is 11.6 Å². The van der Waals surface area contributed by atoms with Crippen molar-refractivity contribution in [2.75, 3.05) is 26.2 Å². The number of hydrogen-bond acceptors (Lipinski definition) is 4. The zero-order valence-corrected chi connectivity index (χ0v) is 17.3. The topological polar surface area (TPSA) is 69.7 Å². The molecule has 0 spiro atoms. The van der Waals surface area contributed by atoms with Crippen LogP contribution in [0.25, 0.3) is 0 Å². The van der Waals surface area contributed by atoms with Gasteiger partial charge in [0.25, 0.3) is 0 Å². The molecule has 3 unspecified atom stereocenters. The first-order valence-corrected chi connectivity index (χ1v) is 11.7. The molecule has 0 radical (unpaired) electrons. The number of carbonyl (C=O) groups excluding carboxylic acids is 1. The van der Waals surface area contributed by atoms with Crippen molar-refractivity contribution in [1.82, 2.24) is 14.7 Å². The second-order valence-electron chi connectivity index (χ2n) is 8.03. The van der Waals surface area contributed by atoms with Gasteiger partial charge in [0.05, 0.1) is 5.02 Å². The summed E-state index contributed by atoms with van der Waals surface area (Å²) in [4.78, 5) is 12.6. The Morgan fingerprint density at radius 2 is 2.04 bits per heavy atom. The van der Waals surface area contributed by atoms with E-state index in [-0.39, 0.29) is 21.7 Å². The number of nitrogens with zero attached hydrogens (tertiary/aromatic N) is 2. The number of amides is 1. The highest BCUT2D eigenvalue weighted by Crippen LogP contribution is 2.32. The van der Waals surface area contributed by atoms with Crippen LogP contribution in [0.2, 0.25) is 5.02 Å². The van der Waals surface area contributed by atoms with Gasteiger partial charge < -0.3 is 0 Å². The lowest BCUT2D eigenvalue weighted by Crippen LogP contribution is -2.44. The molecule has 4 rings (SSSR count). The lowest BCUT2D eigenvalue weighted by atomic mass is 9.96. The molecule has 6 nitrogen and oxygen atoms in total. The van der Waals surface area contributed by atoms with E-state index in [2.05, 4.69) is 17.6 Å². The highest BCUT2D eigenvalue weighted by atomic mass is 35.5. The Morgan fingerprint density at radius 3 is 2.82 bits per heavy atom. The van der Waals surface area contributed by atoms with E-state index in [1.54, 1.807) is 18.2 Å². The van der Waals surface area contributed by atoms with Crippen LogP contribution in [-0.4, -0.2) is 49.8 Å². The number of nitrogens with one attached hydrogen (secondary N) is 1. The lowest BCUT2D eigenvalue weighted by Gasteiger charge is -2.32. The van der Waals surface area contributed by atoms with Crippen molar-refractivity contribution in [3.05, 3.63) is 41.4 Å². The SMILES string of the molecule is O=C(CC1CCCN(S(=O)(=O)c2ccccc2Cl)C1)NN1CC2C=CCC2C1. The molecule has 0 aromatic heterocycles. The Balaban J connectivity index is 1.34. The molecule has 3 aliphatic rings. The van der Waals surface area contributed by atoms with Crippen molar-refractivity contribution in [2.24, 2.45) is 17.8 Å². The molecule has 0 bridgehead atoms. The minimum atomic E-state index is -3.64. The number of sulfonamides is 1. The Bertz CT molecular complexity index is 873. The van der Waals surface area contributed by atoms with Gasteiger partial charge in [0, 0.05) is 32.6 Å². The van der Waals surface area contributed by atoms with E-state index in [1.165, 1.54) is 10.4 Å². The Hall–Kier alpha value is -1.41. The smallest absolute Gasteiger partial charge is 0.244 e. The van der Waals surface area contributed by atoms with Crippen LogP contribution in [0.4, 0.5) is 0 Å². The normalized spacial score (nSPS) is 28.4. The number of piperidine rings is 1. The maximum Gasteiger partial charge on any atom is 0.244 e. The second kappa shape index (κ2) is 8.14. The number of benzene rings is 1. The largest absolute Gasteiger partial charge is 0.289 e. The first-order chi connectivity index (χ1) is 13.4. The molecule has 1 amide bonds. The minimum Gasteiger partial charge on any atom is -0.289 e. The first-order valence-electron chi connectivity index (χ1n) is 9.89. The van der Waals surface area contributed by atoms with Crippen molar-refractivity contribution in [1.29, 1.82) is 0 Å². The van der Waals surface area contributed by atoms with Gasteiger partial charge in [-0.15, -0.1) is 0 Å². The first kappa shape index (κ1) is 19.9. The fourth-order valence-electron chi connectivity index (χ4n) is 4.57. The van der Waals surface area contributed by atoms with Crippen molar-refractivity contribution in [3.63, 3.8) is 0 Å². The van der Waals surface area contributed by atoms with Gasteiger partial charge in [-0.25, -0.2) is 13.4 Å². The van der Waals surface area contributed by atoms with Gasteiger partial charge in [-0.1, -0.05) is 35.9 Å². The maximum absolute atomic E-state index is 13.0. The molecule has 1 aromatic carbocycles. The van der Waals surface area contributed by atoms with E-state index in [9.17, 15) is 13.2 Å². The third-order valence-corrected chi connectivity index (χ3v) is 8.37. The highest BCUT2D eigenvalue weighted by molar-refractivity contribution is 7.89. The average molecular weight is 424 g/mol. The monoisotopic (exact) mass is 423 g/mol. The number of hydrazine groups is 1. The summed E-state index contributed by atoms with van der Waals surface area (Å²) in [5.41, 5.74) is 3.02. The summed E-state index contributed by atoms with van der Waals surface area (Å²) in [6, 6.07) is 6.51. The molecular weight excluding hydrogens is 398 g/mol. The van der Waals surface area contributed by atoms with E-state index in [4.69, 9.17) is 11.6 Å². The van der Waals surface area contributed by atoms with Crippen molar-refractivity contribution in [3.8, 4) is 0 Å². The summed E-state index contributed by atoms with van der Waals surface area (Å²) < 4.78 is 27.4. The van der Waals surface area contributed by atoms with E-state index >= 15 is 0 Å². The summed E-state index contributed by atoms with van der Waals surface area (Å²) in [6.07, 6.45) is 7.51. The number of carbonyl (C=O) groups is 1. The van der Waals surface area contributed by atoms with Gasteiger partial charge in [-0.2, -0.15) is 4.31 Å². The van der Waals surface area contributed by atoms with Crippen LogP contribution in [0.15, 0.2) is 41.3 Å². The van der Waals surface area contributed by atoms with Crippen LogP contribution in [-0.2, 0) is 14.8 Å². The molecule has 1 aromatic rings. The molecule has 2 heterocycles. The van der Waals surface area contributed by atoms with Gasteiger partial charge >= 0.3 is 0 Å². The zero-order chi connectivity index (χ0) is 19.7. The number of fused-ring (bicyclic) bond motifs is 1. The van der Waals surface area contributed by atoms with Crippen molar-refractivity contribution in [2.45, 2.75) is 30.6 Å². The molecule has 2 aliphatic heterocycles.